The molecule has 1 aromatic rings. The van der Waals surface area contributed by atoms with E-state index in [2.05, 4.69) is 27.6 Å². The molecule has 0 aliphatic carbocycles. The Balaban J connectivity index is 1.97. The second kappa shape index (κ2) is 7.67. The number of piperidine rings is 1. The Morgan fingerprint density at radius 1 is 1.24 bits per heavy atom. The van der Waals surface area contributed by atoms with Crippen LogP contribution in [0.2, 0.25) is 0 Å². The van der Waals surface area contributed by atoms with Crippen molar-refractivity contribution in [3.05, 3.63) is 29.8 Å². The summed E-state index contributed by atoms with van der Waals surface area (Å²) in [5.41, 5.74) is 5.38. The molecule has 0 atom stereocenters. The lowest BCUT2D eigenvalue weighted by Crippen LogP contribution is -2.29. The van der Waals surface area contributed by atoms with E-state index in [1.807, 2.05) is 19.1 Å². The summed E-state index contributed by atoms with van der Waals surface area (Å²) >= 11 is 0. The molecule has 1 fully saturated rings. The largest absolute Gasteiger partial charge is 0.449 e. The lowest BCUT2D eigenvalue weighted by atomic mass is 10.1. The summed E-state index contributed by atoms with van der Waals surface area (Å²) in [7, 11) is 0. The number of rotatable bonds is 4. The predicted octanol–water partition coefficient (Wildman–Crippen LogP) is 3.15. The van der Waals surface area contributed by atoms with Gasteiger partial charge in [-0.3, -0.25) is 0 Å². The van der Waals surface area contributed by atoms with E-state index < -0.39 is 6.09 Å². The third kappa shape index (κ3) is 4.48. The minimum absolute atomic E-state index is 0.338. The molecule has 0 aromatic heterocycles. The second-order valence-corrected chi connectivity index (χ2v) is 5.12. The van der Waals surface area contributed by atoms with Crippen molar-refractivity contribution in [3.8, 4) is 0 Å². The van der Waals surface area contributed by atoms with Crippen molar-refractivity contribution in [1.82, 2.24) is 5.43 Å². The van der Waals surface area contributed by atoms with Crippen LogP contribution in [0.15, 0.2) is 29.4 Å². The molecule has 0 radical (unpaired) electrons. The lowest BCUT2D eigenvalue weighted by Gasteiger charge is -2.28. The first-order chi connectivity index (χ1) is 10.2. The van der Waals surface area contributed by atoms with Crippen molar-refractivity contribution in [2.24, 2.45) is 5.10 Å². The van der Waals surface area contributed by atoms with Gasteiger partial charge in [0.25, 0.3) is 0 Å². The van der Waals surface area contributed by atoms with Gasteiger partial charge in [0, 0.05) is 18.8 Å². The van der Waals surface area contributed by atoms with Crippen LogP contribution in [0.1, 0.15) is 38.7 Å². The van der Waals surface area contributed by atoms with Crippen molar-refractivity contribution in [1.29, 1.82) is 0 Å². The van der Waals surface area contributed by atoms with Gasteiger partial charge in [-0.2, -0.15) is 5.10 Å². The Morgan fingerprint density at radius 2 is 1.90 bits per heavy atom. The van der Waals surface area contributed by atoms with Crippen molar-refractivity contribution in [2.45, 2.75) is 33.1 Å². The van der Waals surface area contributed by atoms with Crippen LogP contribution in [0, 0.1) is 0 Å². The summed E-state index contributed by atoms with van der Waals surface area (Å²) < 4.78 is 4.76. The topological polar surface area (TPSA) is 53.9 Å². The van der Waals surface area contributed by atoms with E-state index in [9.17, 15) is 4.79 Å². The van der Waals surface area contributed by atoms with Crippen molar-refractivity contribution < 1.29 is 9.53 Å². The van der Waals surface area contributed by atoms with Crippen LogP contribution in [-0.2, 0) is 4.74 Å². The van der Waals surface area contributed by atoms with Crippen LogP contribution in [0.4, 0.5) is 10.5 Å². The van der Waals surface area contributed by atoms with E-state index in [1.54, 1.807) is 6.92 Å². The second-order valence-electron chi connectivity index (χ2n) is 5.12. The Morgan fingerprint density at radius 3 is 2.52 bits per heavy atom. The number of hydrogen-bond acceptors (Lipinski definition) is 4. The van der Waals surface area contributed by atoms with Crippen LogP contribution < -0.4 is 10.3 Å². The fourth-order valence-corrected chi connectivity index (χ4v) is 2.42. The number of ether oxygens (including phenoxy) is 1. The first kappa shape index (κ1) is 15.4. The molecule has 0 bridgehead atoms. The fourth-order valence-electron chi connectivity index (χ4n) is 2.42. The van der Waals surface area contributed by atoms with Crippen molar-refractivity contribution >= 4 is 17.5 Å². The minimum Gasteiger partial charge on any atom is -0.449 e. The zero-order valence-corrected chi connectivity index (χ0v) is 12.8. The fraction of sp³-hybridized carbons (Fsp3) is 0.500. The van der Waals surface area contributed by atoms with Gasteiger partial charge < -0.3 is 9.64 Å². The SMILES string of the molecule is CCOC(=O)N/N=C(\C)c1ccc(N2CCCCC2)cc1. The maximum absolute atomic E-state index is 11.2. The quantitative estimate of drug-likeness (QED) is 0.684. The third-order valence-electron chi connectivity index (χ3n) is 3.60. The van der Waals surface area contributed by atoms with Gasteiger partial charge in [-0.15, -0.1) is 0 Å². The van der Waals surface area contributed by atoms with Gasteiger partial charge >= 0.3 is 6.09 Å². The van der Waals surface area contributed by atoms with Gasteiger partial charge in [0.1, 0.15) is 0 Å². The Bertz CT molecular complexity index is 491. The number of carbonyl (C=O) groups is 1. The molecule has 0 spiro atoms. The third-order valence-corrected chi connectivity index (χ3v) is 3.60. The number of carbonyl (C=O) groups excluding carboxylic acids is 1. The highest BCUT2D eigenvalue weighted by molar-refractivity contribution is 5.99. The lowest BCUT2D eigenvalue weighted by molar-refractivity contribution is 0.152. The number of hydrogen-bond donors (Lipinski definition) is 1. The molecule has 1 aliphatic heterocycles. The summed E-state index contributed by atoms with van der Waals surface area (Å²) in [6.07, 6.45) is 3.35. The predicted molar refractivity (Wildman–Crippen MR) is 84.9 cm³/mol. The van der Waals surface area contributed by atoms with E-state index >= 15 is 0 Å². The van der Waals surface area contributed by atoms with Gasteiger partial charge in [-0.1, -0.05) is 12.1 Å². The molecule has 114 valence electrons. The van der Waals surface area contributed by atoms with Crippen molar-refractivity contribution in [3.63, 3.8) is 0 Å². The zero-order chi connectivity index (χ0) is 15.1. The van der Waals surface area contributed by atoms with Crippen molar-refractivity contribution in [2.75, 3.05) is 24.6 Å². The molecular weight excluding hydrogens is 266 g/mol. The molecule has 2 rings (SSSR count). The Hall–Kier alpha value is -2.04. The molecule has 1 aromatic carbocycles. The molecular formula is C16H23N3O2. The molecule has 21 heavy (non-hydrogen) atoms. The van der Waals surface area contributed by atoms with E-state index in [0.717, 1.165) is 24.4 Å². The summed E-state index contributed by atoms with van der Waals surface area (Å²) in [5, 5.41) is 4.03. The number of nitrogens with one attached hydrogen (secondary N) is 1. The van der Waals surface area contributed by atoms with Gasteiger partial charge in [0.2, 0.25) is 0 Å². The number of amides is 1. The minimum atomic E-state index is -0.526. The Labute approximate surface area is 126 Å². The number of benzene rings is 1. The normalized spacial score (nSPS) is 15.7. The standard InChI is InChI=1S/C16H23N3O2/c1-3-21-16(20)18-17-13(2)14-7-9-15(10-8-14)19-11-5-4-6-12-19/h7-10H,3-6,11-12H2,1-2H3,(H,18,20)/b17-13+. The summed E-state index contributed by atoms with van der Waals surface area (Å²) in [5.74, 6) is 0. The van der Waals surface area contributed by atoms with Gasteiger partial charge in [-0.25, -0.2) is 10.2 Å². The van der Waals surface area contributed by atoms with E-state index in [0.29, 0.717) is 6.61 Å². The maximum Gasteiger partial charge on any atom is 0.427 e. The first-order valence-electron chi connectivity index (χ1n) is 7.53. The van der Waals surface area contributed by atoms with Gasteiger partial charge in [0.15, 0.2) is 0 Å². The highest BCUT2D eigenvalue weighted by Gasteiger charge is 2.10. The highest BCUT2D eigenvalue weighted by Crippen LogP contribution is 2.20. The number of hydrazone groups is 1. The molecule has 1 aliphatic rings. The van der Waals surface area contributed by atoms with Gasteiger partial charge in [-0.05, 0) is 50.8 Å². The smallest absolute Gasteiger partial charge is 0.427 e. The Kier molecular flexibility index (Phi) is 5.60. The summed E-state index contributed by atoms with van der Waals surface area (Å²) in [4.78, 5) is 13.6. The molecule has 5 heteroatoms. The average molecular weight is 289 g/mol. The number of anilines is 1. The van der Waals surface area contributed by atoms with Crippen LogP contribution in [-0.4, -0.2) is 31.5 Å². The highest BCUT2D eigenvalue weighted by atomic mass is 16.5. The average Bonchev–Trinajstić information content (AvgIpc) is 2.54. The maximum atomic E-state index is 11.2. The van der Waals surface area contributed by atoms with Crippen LogP contribution in [0.3, 0.4) is 0 Å². The molecule has 5 nitrogen and oxygen atoms in total. The molecule has 0 saturated carbocycles. The molecule has 1 saturated heterocycles. The molecule has 1 amide bonds. The molecule has 1 heterocycles. The van der Waals surface area contributed by atoms with E-state index in [-0.39, 0.29) is 0 Å². The van der Waals surface area contributed by atoms with Crippen LogP contribution in [0.5, 0.6) is 0 Å². The number of nitrogens with zero attached hydrogens (tertiary/aromatic N) is 2. The summed E-state index contributed by atoms with van der Waals surface area (Å²) in [6, 6.07) is 8.30. The van der Waals surface area contributed by atoms with Gasteiger partial charge in [0.05, 0.1) is 12.3 Å². The first-order valence-corrected chi connectivity index (χ1v) is 7.53. The molecule has 1 N–H and O–H groups in total. The monoisotopic (exact) mass is 289 g/mol. The van der Waals surface area contributed by atoms with E-state index in [1.165, 1.54) is 24.9 Å². The van der Waals surface area contributed by atoms with Crippen LogP contribution >= 0.6 is 0 Å². The van der Waals surface area contributed by atoms with E-state index in [4.69, 9.17) is 4.74 Å². The molecule has 0 unspecified atom stereocenters. The zero-order valence-electron chi connectivity index (χ0n) is 12.8. The van der Waals surface area contributed by atoms with Crippen LogP contribution in [0.25, 0.3) is 0 Å². The summed E-state index contributed by atoms with van der Waals surface area (Å²) in [6.45, 7) is 6.23.